The Hall–Kier alpha value is -0.0800. The number of hydrogen-bond donors (Lipinski definition) is 0. The van der Waals surface area contributed by atoms with Crippen molar-refractivity contribution in [3.05, 3.63) is 0 Å². The molecule has 1 radical (unpaired) electrons. The van der Waals surface area contributed by atoms with E-state index >= 15 is 0 Å². The van der Waals surface area contributed by atoms with Gasteiger partial charge in [-0.25, -0.2) is 0 Å². The van der Waals surface area contributed by atoms with Crippen LogP contribution in [0, 0.1) is 0 Å². The zero-order chi connectivity index (χ0) is 6.24. The lowest BCUT2D eigenvalue weighted by molar-refractivity contribution is 0.0337. The summed E-state index contributed by atoms with van der Waals surface area (Å²) in [7, 11) is 0. The number of hydrogen-bond acceptors (Lipinski definition) is 1. The molecule has 0 atom stereocenters. The second-order valence-corrected chi connectivity index (χ2v) is 1.69. The van der Waals surface area contributed by atoms with Gasteiger partial charge in [-0.3, -0.25) is 4.84 Å². The Bertz CT molecular complexity index is 33.5. The molecule has 0 aromatic rings. The van der Waals surface area contributed by atoms with E-state index in [0.717, 1.165) is 26.0 Å². The molecule has 0 bridgehead atoms. The van der Waals surface area contributed by atoms with Crippen molar-refractivity contribution in [3.63, 3.8) is 0 Å². The maximum Gasteiger partial charge on any atom is 0.0700 e. The molecule has 49 valence electrons. The molecule has 2 heteroatoms. The van der Waals surface area contributed by atoms with Gasteiger partial charge in [0, 0.05) is 6.54 Å². The Morgan fingerprint density at radius 2 is 2.00 bits per heavy atom. The van der Waals surface area contributed by atoms with E-state index in [1.165, 1.54) is 0 Å². The summed E-state index contributed by atoms with van der Waals surface area (Å²) in [6.07, 6.45) is 2.12. The third-order valence-electron chi connectivity index (χ3n) is 0.702. The van der Waals surface area contributed by atoms with Crippen molar-refractivity contribution in [1.29, 1.82) is 0 Å². The highest BCUT2D eigenvalue weighted by molar-refractivity contribution is 4.26. The average molecular weight is 116 g/mol. The topological polar surface area (TPSA) is 23.3 Å². The zero-order valence-corrected chi connectivity index (χ0v) is 5.68. The summed E-state index contributed by atoms with van der Waals surface area (Å²) in [5, 5.41) is 0. The zero-order valence-electron chi connectivity index (χ0n) is 5.68. The van der Waals surface area contributed by atoms with Crippen molar-refractivity contribution >= 4 is 0 Å². The van der Waals surface area contributed by atoms with Gasteiger partial charge in [0.2, 0.25) is 0 Å². The van der Waals surface area contributed by atoms with Crippen molar-refractivity contribution in [2.45, 2.75) is 26.7 Å². The maximum atomic E-state index is 4.85. The highest BCUT2D eigenvalue weighted by atomic mass is 16.6. The van der Waals surface area contributed by atoms with Gasteiger partial charge in [0.1, 0.15) is 0 Å². The molecule has 0 aromatic heterocycles. The van der Waals surface area contributed by atoms with Crippen molar-refractivity contribution in [1.82, 2.24) is 5.48 Å². The number of rotatable bonds is 5. The van der Waals surface area contributed by atoms with Gasteiger partial charge in [0.05, 0.1) is 6.61 Å². The highest BCUT2D eigenvalue weighted by Gasteiger charge is 1.82. The van der Waals surface area contributed by atoms with E-state index in [-0.39, 0.29) is 0 Å². The smallest absolute Gasteiger partial charge is 0.0700 e. The van der Waals surface area contributed by atoms with Gasteiger partial charge in [-0.05, 0) is 12.8 Å². The molecule has 0 unspecified atom stereocenters. The van der Waals surface area contributed by atoms with Gasteiger partial charge in [-0.2, -0.15) is 0 Å². The van der Waals surface area contributed by atoms with E-state index in [2.05, 4.69) is 19.3 Å². The number of hydroxylamine groups is 1. The fourth-order valence-corrected chi connectivity index (χ4v) is 0.312. The standard InChI is InChI=1S/C6H14NO/c1-3-5-7-8-6-4-2/h3-6H2,1-2H3. The van der Waals surface area contributed by atoms with E-state index in [4.69, 9.17) is 4.84 Å². The lowest BCUT2D eigenvalue weighted by Gasteiger charge is -1.96. The number of nitrogens with zero attached hydrogens (tertiary/aromatic N) is 1. The summed E-state index contributed by atoms with van der Waals surface area (Å²) in [5.41, 5.74) is 3.78. The molecule has 0 saturated carbocycles. The lowest BCUT2D eigenvalue weighted by Crippen LogP contribution is -2.07. The molecule has 8 heavy (non-hydrogen) atoms. The van der Waals surface area contributed by atoms with Crippen LogP contribution < -0.4 is 5.48 Å². The Balaban J connectivity index is 2.53. The molecule has 0 aliphatic rings. The van der Waals surface area contributed by atoms with Crippen LogP contribution in [0.2, 0.25) is 0 Å². The SMILES string of the molecule is CCC[N]OCCC. The molecular formula is C6H14NO. The molecule has 0 fully saturated rings. The fourth-order valence-electron chi connectivity index (χ4n) is 0.312. The van der Waals surface area contributed by atoms with Crippen LogP contribution in [0.4, 0.5) is 0 Å². The fraction of sp³-hybridized carbons (Fsp3) is 1.00. The molecule has 0 N–H and O–H groups in total. The predicted molar refractivity (Wildman–Crippen MR) is 33.5 cm³/mol. The Labute approximate surface area is 51.2 Å². The van der Waals surface area contributed by atoms with Crippen LogP contribution in [0.25, 0.3) is 0 Å². The van der Waals surface area contributed by atoms with E-state index in [1.54, 1.807) is 0 Å². The molecule has 0 heterocycles. The maximum absolute atomic E-state index is 4.85. The summed E-state index contributed by atoms with van der Waals surface area (Å²) in [6, 6.07) is 0. The summed E-state index contributed by atoms with van der Waals surface area (Å²) in [4.78, 5) is 4.85. The van der Waals surface area contributed by atoms with Crippen molar-refractivity contribution in [3.8, 4) is 0 Å². The molecular weight excluding hydrogens is 102 g/mol. The van der Waals surface area contributed by atoms with Gasteiger partial charge in [-0.15, -0.1) is 0 Å². The molecule has 0 aliphatic heterocycles. The highest BCUT2D eigenvalue weighted by Crippen LogP contribution is 1.77. The summed E-state index contributed by atoms with van der Waals surface area (Å²) >= 11 is 0. The first-order valence-corrected chi connectivity index (χ1v) is 3.20. The molecule has 0 amide bonds. The van der Waals surface area contributed by atoms with Crippen molar-refractivity contribution in [2.24, 2.45) is 0 Å². The van der Waals surface area contributed by atoms with Crippen LogP contribution in [-0.4, -0.2) is 13.2 Å². The molecule has 0 aliphatic carbocycles. The molecule has 2 nitrogen and oxygen atoms in total. The third kappa shape index (κ3) is 5.92. The Kier molecular flexibility index (Phi) is 6.85. The van der Waals surface area contributed by atoms with Gasteiger partial charge in [0.15, 0.2) is 0 Å². The summed E-state index contributed by atoms with van der Waals surface area (Å²) < 4.78 is 0. The van der Waals surface area contributed by atoms with Crippen LogP contribution in [0.5, 0.6) is 0 Å². The van der Waals surface area contributed by atoms with Crippen LogP contribution in [0.15, 0.2) is 0 Å². The third-order valence-corrected chi connectivity index (χ3v) is 0.702. The normalized spacial score (nSPS) is 9.75. The summed E-state index contributed by atoms with van der Waals surface area (Å²) in [5.74, 6) is 0. The van der Waals surface area contributed by atoms with Crippen LogP contribution >= 0.6 is 0 Å². The molecule has 0 spiro atoms. The first-order chi connectivity index (χ1) is 3.91. The predicted octanol–water partition coefficient (Wildman–Crippen LogP) is 1.34. The van der Waals surface area contributed by atoms with E-state index in [1.807, 2.05) is 0 Å². The van der Waals surface area contributed by atoms with Crippen molar-refractivity contribution < 1.29 is 4.84 Å². The van der Waals surface area contributed by atoms with E-state index in [0.29, 0.717) is 0 Å². The van der Waals surface area contributed by atoms with E-state index < -0.39 is 0 Å². The minimum atomic E-state index is 0.764. The van der Waals surface area contributed by atoms with Crippen LogP contribution in [-0.2, 0) is 4.84 Å². The Morgan fingerprint density at radius 3 is 2.50 bits per heavy atom. The van der Waals surface area contributed by atoms with Crippen molar-refractivity contribution in [2.75, 3.05) is 13.2 Å². The minimum absolute atomic E-state index is 0.764. The second-order valence-electron chi connectivity index (χ2n) is 1.69. The van der Waals surface area contributed by atoms with E-state index in [9.17, 15) is 0 Å². The van der Waals surface area contributed by atoms with Crippen LogP contribution in [0.3, 0.4) is 0 Å². The monoisotopic (exact) mass is 116 g/mol. The van der Waals surface area contributed by atoms with Gasteiger partial charge < -0.3 is 0 Å². The first-order valence-electron chi connectivity index (χ1n) is 3.20. The second kappa shape index (κ2) is 6.92. The molecule has 0 rings (SSSR count). The lowest BCUT2D eigenvalue weighted by atomic mass is 10.5. The molecule has 0 aromatic carbocycles. The van der Waals surface area contributed by atoms with Gasteiger partial charge >= 0.3 is 0 Å². The molecule has 0 saturated heterocycles. The minimum Gasteiger partial charge on any atom is -0.282 e. The van der Waals surface area contributed by atoms with Crippen LogP contribution in [0.1, 0.15) is 26.7 Å². The average Bonchev–Trinajstić information content (AvgIpc) is 1.81. The summed E-state index contributed by atoms with van der Waals surface area (Å²) in [6.45, 7) is 5.75. The largest absolute Gasteiger partial charge is 0.282 e. The Morgan fingerprint density at radius 1 is 1.25 bits per heavy atom. The van der Waals surface area contributed by atoms with Gasteiger partial charge in [0.25, 0.3) is 0 Å². The quantitative estimate of drug-likeness (QED) is 0.392. The van der Waals surface area contributed by atoms with Gasteiger partial charge in [-0.1, -0.05) is 19.3 Å². The first kappa shape index (κ1) is 7.92.